The van der Waals surface area contributed by atoms with Gasteiger partial charge in [-0.15, -0.1) is 11.3 Å². The molecule has 6 nitrogen and oxygen atoms in total. The molecule has 3 heterocycles. The average molecular weight is 409 g/mol. The molecule has 2 aliphatic heterocycles. The number of ether oxygens (including phenoxy) is 2. The molecule has 0 radical (unpaired) electrons. The minimum atomic E-state index is 0.335. The molecule has 1 unspecified atom stereocenters. The molecule has 0 aliphatic carbocycles. The van der Waals surface area contributed by atoms with E-state index >= 15 is 0 Å². The van der Waals surface area contributed by atoms with E-state index in [0.717, 1.165) is 71.0 Å². The Morgan fingerprint density at radius 1 is 1.29 bits per heavy atom. The number of rotatable bonds is 8. The fourth-order valence-electron chi connectivity index (χ4n) is 3.92. The molecule has 1 aromatic heterocycles. The van der Waals surface area contributed by atoms with Crippen LogP contribution in [0.15, 0.2) is 22.5 Å². The molecule has 7 heteroatoms. The topological polar surface area (TPSA) is 49.3 Å². The Hall–Kier alpha value is -1.15. The van der Waals surface area contributed by atoms with Gasteiger partial charge in [-0.2, -0.15) is 0 Å². The van der Waals surface area contributed by atoms with Crippen LogP contribution in [0.3, 0.4) is 0 Å². The minimum absolute atomic E-state index is 0.335. The molecule has 0 aromatic carbocycles. The lowest BCUT2D eigenvalue weighted by atomic mass is 9.96. The lowest BCUT2D eigenvalue weighted by Crippen LogP contribution is -2.42. The Bertz CT molecular complexity index is 569. The number of hydrogen-bond acceptors (Lipinski definition) is 5. The van der Waals surface area contributed by atoms with Gasteiger partial charge in [-0.3, -0.25) is 9.89 Å². The fraction of sp³-hybridized carbons (Fsp3) is 0.762. The summed E-state index contributed by atoms with van der Waals surface area (Å²) in [4.78, 5) is 11.2. The average Bonchev–Trinajstić information content (AvgIpc) is 3.27. The SMILES string of the molecule is CCNC(=NCC(c1cccs1)N1CCOCC1)N(C)CCC1CCOCC1. The highest BCUT2D eigenvalue weighted by Crippen LogP contribution is 2.26. The van der Waals surface area contributed by atoms with Gasteiger partial charge < -0.3 is 19.7 Å². The van der Waals surface area contributed by atoms with E-state index in [4.69, 9.17) is 14.5 Å². The largest absolute Gasteiger partial charge is 0.381 e. The van der Waals surface area contributed by atoms with Crippen LogP contribution >= 0.6 is 11.3 Å². The van der Waals surface area contributed by atoms with Gasteiger partial charge in [-0.25, -0.2) is 0 Å². The van der Waals surface area contributed by atoms with Crippen molar-refractivity contribution >= 4 is 17.3 Å². The van der Waals surface area contributed by atoms with Gasteiger partial charge in [-0.05, 0) is 43.6 Å². The number of guanidine groups is 1. The molecule has 0 saturated carbocycles. The van der Waals surface area contributed by atoms with Crippen LogP contribution < -0.4 is 5.32 Å². The lowest BCUT2D eigenvalue weighted by molar-refractivity contribution is 0.0186. The summed E-state index contributed by atoms with van der Waals surface area (Å²) in [7, 11) is 2.16. The van der Waals surface area contributed by atoms with Crippen molar-refractivity contribution in [1.82, 2.24) is 15.1 Å². The first kappa shape index (κ1) is 21.6. The summed E-state index contributed by atoms with van der Waals surface area (Å²) in [5.74, 6) is 1.80. The number of hydrogen-bond donors (Lipinski definition) is 1. The maximum atomic E-state index is 5.56. The van der Waals surface area contributed by atoms with Gasteiger partial charge in [0.25, 0.3) is 0 Å². The Labute approximate surface area is 173 Å². The zero-order valence-electron chi connectivity index (χ0n) is 17.4. The van der Waals surface area contributed by atoms with Gasteiger partial charge in [-0.1, -0.05) is 6.07 Å². The van der Waals surface area contributed by atoms with Gasteiger partial charge in [0.1, 0.15) is 0 Å². The lowest BCUT2D eigenvalue weighted by Gasteiger charge is -2.33. The predicted molar refractivity (Wildman–Crippen MR) is 116 cm³/mol. The Balaban J connectivity index is 1.61. The summed E-state index contributed by atoms with van der Waals surface area (Å²) in [5.41, 5.74) is 0. The third kappa shape index (κ3) is 6.44. The normalized spacial score (nSPS) is 20.9. The molecule has 1 N–H and O–H groups in total. The van der Waals surface area contributed by atoms with Crippen molar-refractivity contribution in [3.05, 3.63) is 22.4 Å². The van der Waals surface area contributed by atoms with Gasteiger partial charge >= 0.3 is 0 Å². The quantitative estimate of drug-likeness (QED) is 0.529. The second-order valence-electron chi connectivity index (χ2n) is 7.64. The third-order valence-electron chi connectivity index (χ3n) is 5.68. The van der Waals surface area contributed by atoms with Crippen molar-refractivity contribution < 1.29 is 9.47 Å². The first-order chi connectivity index (χ1) is 13.8. The van der Waals surface area contributed by atoms with Crippen LogP contribution in [-0.4, -0.2) is 82.0 Å². The molecule has 2 saturated heterocycles. The summed E-state index contributed by atoms with van der Waals surface area (Å²) >= 11 is 1.83. The highest BCUT2D eigenvalue weighted by atomic mass is 32.1. The number of nitrogens with zero attached hydrogens (tertiary/aromatic N) is 3. The fourth-order valence-corrected chi connectivity index (χ4v) is 4.77. The van der Waals surface area contributed by atoms with E-state index in [2.05, 4.69) is 46.6 Å². The third-order valence-corrected chi connectivity index (χ3v) is 6.66. The Morgan fingerprint density at radius 3 is 2.71 bits per heavy atom. The number of morpholine rings is 1. The molecule has 1 atom stereocenters. The van der Waals surface area contributed by atoms with Gasteiger partial charge in [0.15, 0.2) is 5.96 Å². The molecule has 158 valence electrons. The van der Waals surface area contributed by atoms with Crippen molar-refractivity contribution in [2.24, 2.45) is 10.9 Å². The zero-order valence-corrected chi connectivity index (χ0v) is 18.3. The van der Waals surface area contributed by atoms with Crippen LogP contribution in [0, 0.1) is 5.92 Å². The molecule has 2 aliphatic rings. The molecule has 1 aromatic rings. The standard InChI is InChI=1S/C21H36N4O2S/c1-3-22-21(24(2)9-6-18-7-12-26-13-8-18)23-17-19(20-5-4-16-28-20)25-10-14-27-15-11-25/h4-5,16,18-19H,3,6-15,17H2,1-2H3,(H,22,23). The minimum Gasteiger partial charge on any atom is -0.381 e. The van der Waals surface area contributed by atoms with Crippen LogP contribution in [-0.2, 0) is 9.47 Å². The Morgan fingerprint density at radius 2 is 2.04 bits per heavy atom. The molecule has 28 heavy (non-hydrogen) atoms. The van der Waals surface area contributed by atoms with Gasteiger partial charge in [0.2, 0.25) is 0 Å². The summed E-state index contributed by atoms with van der Waals surface area (Å²) in [6.45, 7) is 10.3. The zero-order chi connectivity index (χ0) is 19.6. The number of thiophene rings is 1. The molecule has 0 spiro atoms. The summed E-state index contributed by atoms with van der Waals surface area (Å²) in [6.07, 6.45) is 3.60. The van der Waals surface area contributed by atoms with Crippen molar-refractivity contribution in [2.45, 2.75) is 32.2 Å². The van der Waals surface area contributed by atoms with Crippen LogP contribution in [0.1, 0.15) is 37.1 Å². The van der Waals surface area contributed by atoms with Crippen molar-refractivity contribution in [3.8, 4) is 0 Å². The smallest absolute Gasteiger partial charge is 0.193 e. The van der Waals surface area contributed by atoms with E-state index in [1.165, 1.54) is 24.1 Å². The second-order valence-corrected chi connectivity index (χ2v) is 8.62. The van der Waals surface area contributed by atoms with E-state index in [9.17, 15) is 0 Å². The van der Waals surface area contributed by atoms with E-state index in [1.807, 2.05) is 11.3 Å². The highest BCUT2D eigenvalue weighted by molar-refractivity contribution is 7.10. The van der Waals surface area contributed by atoms with Crippen molar-refractivity contribution in [2.75, 3.05) is 66.2 Å². The summed E-state index contributed by atoms with van der Waals surface area (Å²) in [5, 5.41) is 5.65. The van der Waals surface area contributed by atoms with E-state index in [1.54, 1.807) is 0 Å². The van der Waals surface area contributed by atoms with Crippen molar-refractivity contribution in [1.29, 1.82) is 0 Å². The molecular weight excluding hydrogens is 372 g/mol. The Kier molecular flexibility index (Phi) is 9.05. The first-order valence-electron chi connectivity index (χ1n) is 10.7. The van der Waals surface area contributed by atoms with Gasteiger partial charge in [0.05, 0.1) is 25.8 Å². The molecular formula is C21H36N4O2S. The number of nitrogens with one attached hydrogen (secondary N) is 1. The van der Waals surface area contributed by atoms with Crippen LogP contribution in [0.2, 0.25) is 0 Å². The van der Waals surface area contributed by atoms with Crippen LogP contribution in [0.4, 0.5) is 0 Å². The highest BCUT2D eigenvalue weighted by Gasteiger charge is 2.24. The number of aliphatic imine (C=N–C) groups is 1. The van der Waals surface area contributed by atoms with Gasteiger partial charge in [0, 0.05) is 51.3 Å². The maximum absolute atomic E-state index is 5.56. The van der Waals surface area contributed by atoms with E-state index < -0.39 is 0 Å². The molecule has 2 fully saturated rings. The predicted octanol–water partition coefficient (Wildman–Crippen LogP) is 2.84. The van der Waals surface area contributed by atoms with Crippen molar-refractivity contribution in [3.63, 3.8) is 0 Å². The second kappa shape index (κ2) is 11.8. The molecule has 0 amide bonds. The maximum Gasteiger partial charge on any atom is 0.193 e. The molecule has 0 bridgehead atoms. The van der Waals surface area contributed by atoms with E-state index in [0.29, 0.717) is 6.04 Å². The van der Waals surface area contributed by atoms with Crippen LogP contribution in [0.5, 0.6) is 0 Å². The summed E-state index contributed by atoms with van der Waals surface area (Å²) in [6, 6.07) is 4.71. The first-order valence-corrected chi connectivity index (χ1v) is 11.6. The van der Waals surface area contributed by atoms with E-state index in [-0.39, 0.29) is 0 Å². The molecule has 3 rings (SSSR count). The summed E-state index contributed by atoms with van der Waals surface area (Å²) < 4.78 is 11.0. The van der Waals surface area contributed by atoms with Crippen LogP contribution in [0.25, 0.3) is 0 Å². The monoisotopic (exact) mass is 408 g/mol.